The Hall–Kier alpha value is -4.64. The molecule has 5 nitrogen and oxygen atoms in total. The minimum absolute atomic E-state index is 0.0526. The number of carbonyl (C=O) groups excluding carboxylic acids is 1. The lowest BCUT2D eigenvalue weighted by Crippen LogP contribution is -2.27. The number of hydrogen-bond acceptors (Lipinski definition) is 3. The van der Waals surface area contributed by atoms with Gasteiger partial charge in [-0.25, -0.2) is 0 Å². The number of rotatable bonds is 6. The van der Waals surface area contributed by atoms with Gasteiger partial charge >= 0.3 is 0 Å². The monoisotopic (exact) mass is 542 g/mol. The number of nitrogens with zero attached hydrogens (tertiary/aromatic N) is 2. The highest BCUT2D eigenvalue weighted by molar-refractivity contribution is 6.27. The largest absolute Gasteiger partial charge is 0.512 e. The minimum Gasteiger partial charge on any atom is -0.512 e. The summed E-state index contributed by atoms with van der Waals surface area (Å²) < 4.78 is 3.92. The van der Waals surface area contributed by atoms with E-state index in [9.17, 15) is 14.7 Å². The van der Waals surface area contributed by atoms with Crippen LogP contribution < -0.4 is 5.56 Å². The lowest BCUT2D eigenvalue weighted by atomic mass is 9.74. The van der Waals surface area contributed by atoms with Gasteiger partial charge in [-0.1, -0.05) is 105 Å². The van der Waals surface area contributed by atoms with E-state index >= 15 is 0 Å². The number of benzene rings is 3. The number of carbonyl (C=O) groups is 1. The molecular formula is C36H34N2O3. The Morgan fingerprint density at radius 2 is 1.29 bits per heavy atom. The molecule has 3 aromatic carbocycles. The number of aliphatic hydroxyl groups excluding tert-OH is 1. The summed E-state index contributed by atoms with van der Waals surface area (Å²) in [7, 11) is 0. The highest BCUT2D eigenvalue weighted by atomic mass is 16.3. The van der Waals surface area contributed by atoms with Crippen molar-refractivity contribution in [1.82, 2.24) is 9.13 Å². The summed E-state index contributed by atoms with van der Waals surface area (Å²) in [5.74, 6) is -0.0824. The molecule has 0 spiro atoms. The molecule has 0 fully saturated rings. The number of fused-ring (bicyclic) bond motifs is 1. The first-order valence-electron chi connectivity index (χ1n) is 14.1. The zero-order valence-electron chi connectivity index (χ0n) is 23.7. The van der Waals surface area contributed by atoms with Crippen molar-refractivity contribution in [3.63, 3.8) is 0 Å². The van der Waals surface area contributed by atoms with Gasteiger partial charge in [-0.2, -0.15) is 0 Å². The van der Waals surface area contributed by atoms with Crippen molar-refractivity contribution in [1.29, 1.82) is 0 Å². The van der Waals surface area contributed by atoms with E-state index in [1.54, 1.807) is 4.57 Å². The summed E-state index contributed by atoms with van der Waals surface area (Å²) in [6.45, 7) is 6.86. The van der Waals surface area contributed by atoms with Gasteiger partial charge in [-0.05, 0) is 35.1 Å². The van der Waals surface area contributed by atoms with Crippen LogP contribution in [-0.4, -0.2) is 20.0 Å². The highest BCUT2D eigenvalue weighted by Crippen LogP contribution is 2.45. The van der Waals surface area contributed by atoms with E-state index in [0.717, 1.165) is 33.6 Å². The van der Waals surface area contributed by atoms with Crippen molar-refractivity contribution in [2.45, 2.75) is 46.7 Å². The van der Waals surface area contributed by atoms with E-state index in [4.69, 9.17) is 0 Å². The maximum Gasteiger partial charge on any atom is 0.261 e. The van der Waals surface area contributed by atoms with E-state index in [1.807, 2.05) is 106 Å². The Balaban J connectivity index is 1.73. The van der Waals surface area contributed by atoms with Gasteiger partial charge in [0.05, 0.1) is 28.7 Å². The van der Waals surface area contributed by atoms with Crippen LogP contribution in [0, 0.1) is 12.3 Å². The summed E-state index contributed by atoms with van der Waals surface area (Å²) in [5.41, 5.74) is 5.62. The van der Waals surface area contributed by atoms with Gasteiger partial charge in [0.25, 0.3) is 5.56 Å². The Labute approximate surface area is 240 Å². The van der Waals surface area contributed by atoms with Crippen LogP contribution in [0.4, 0.5) is 0 Å². The lowest BCUT2D eigenvalue weighted by Gasteiger charge is -2.30. The van der Waals surface area contributed by atoms with E-state index in [-0.39, 0.29) is 28.1 Å². The van der Waals surface area contributed by atoms with Crippen molar-refractivity contribution in [3.8, 4) is 11.3 Å². The molecule has 2 aromatic heterocycles. The number of hydrogen-bond donors (Lipinski definition) is 1. The van der Waals surface area contributed by atoms with Crippen LogP contribution in [0.2, 0.25) is 0 Å². The zero-order chi connectivity index (χ0) is 28.7. The molecule has 1 N–H and O–H groups in total. The topological polar surface area (TPSA) is 64.2 Å². The van der Waals surface area contributed by atoms with Crippen LogP contribution >= 0.6 is 0 Å². The van der Waals surface area contributed by atoms with Crippen molar-refractivity contribution in [3.05, 3.63) is 136 Å². The molecule has 0 radical (unpaired) electrons. The number of aliphatic hydroxyl groups is 1. The molecule has 0 saturated carbocycles. The van der Waals surface area contributed by atoms with Crippen molar-refractivity contribution in [2.75, 3.05) is 0 Å². The van der Waals surface area contributed by atoms with E-state index in [0.29, 0.717) is 36.9 Å². The van der Waals surface area contributed by atoms with Crippen LogP contribution in [0.25, 0.3) is 27.7 Å². The second kappa shape index (κ2) is 10.4. The average Bonchev–Trinajstić information content (AvgIpc) is 3.24. The van der Waals surface area contributed by atoms with Crippen LogP contribution in [0.15, 0.2) is 108 Å². The smallest absolute Gasteiger partial charge is 0.261 e. The number of Topliss-reactive ketones (excluding diaryl/α,β-unsaturated/α-hetero) is 1. The third-order valence-corrected chi connectivity index (χ3v) is 8.05. The molecule has 0 atom stereocenters. The van der Waals surface area contributed by atoms with Crippen molar-refractivity contribution in [2.24, 2.45) is 5.41 Å². The third-order valence-electron chi connectivity index (χ3n) is 8.05. The fraction of sp³-hybridized carbons (Fsp3) is 0.222. The summed E-state index contributed by atoms with van der Waals surface area (Å²) >= 11 is 0. The Morgan fingerprint density at radius 1 is 0.756 bits per heavy atom. The molecule has 2 heterocycles. The van der Waals surface area contributed by atoms with Crippen molar-refractivity contribution >= 4 is 22.3 Å². The molecular weight excluding hydrogens is 508 g/mol. The van der Waals surface area contributed by atoms with Crippen LogP contribution in [0.1, 0.15) is 49.1 Å². The second-order valence-corrected chi connectivity index (χ2v) is 11.8. The first-order chi connectivity index (χ1) is 19.7. The highest BCUT2D eigenvalue weighted by Gasteiger charge is 2.37. The van der Waals surface area contributed by atoms with Gasteiger partial charge in [-0.3, -0.25) is 9.59 Å². The molecule has 6 rings (SSSR count). The third kappa shape index (κ3) is 4.93. The number of aryl methyl sites for hydroxylation is 1. The predicted molar refractivity (Wildman–Crippen MR) is 165 cm³/mol. The Morgan fingerprint density at radius 3 is 1.85 bits per heavy atom. The molecule has 1 aliphatic carbocycles. The van der Waals surface area contributed by atoms with E-state index in [1.165, 1.54) is 0 Å². The average molecular weight is 543 g/mol. The normalized spacial score (nSPS) is 15.0. The number of ketones is 1. The van der Waals surface area contributed by atoms with Crippen LogP contribution in [-0.2, 0) is 17.9 Å². The van der Waals surface area contributed by atoms with E-state index in [2.05, 4.69) is 16.7 Å². The van der Waals surface area contributed by atoms with Gasteiger partial charge in [0.15, 0.2) is 5.78 Å². The molecule has 0 aliphatic heterocycles. The van der Waals surface area contributed by atoms with Gasteiger partial charge < -0.3 is 14.2 Å². The number of pyridine rings is 1. The molecule has 5 aromatic rings. The maximum atomic E-state index is 14.5. The number of allylic oxidation sites excluding steroid dienone is 2. The first-order valence-corrected chi connectivity index (χ1v) is 14.1. The quantitative estimate of drug-likeness (QED) is 0.241. The molecule has 5 heteroatoms. The summed E-state index contributed by atoms with van der Waals surface area (Å²) in [4.78, 5) is 28.4. The first kappa shape index (κ1) is 26.6. The standard InChI is InChI=1S/C36H34N2O3/c1-24-19-28-31(35(41)37(24)22-25-13-7-4-8-14-25)33(32-29(39)20-36(2,3)21-30(32)40)34(27-17-11-6-12-18-27)38(28)23-26-15-9-5-10-16-26/h4-19,39H,20-23H2,1-3H3. The molecule has 41 heavy (non-hydrogen) atoms. The zero-order valence-corrected chi connectivity index (χ0v) is 23.7. The maximum absolute atomic E-state index is 14.5. The van der Waals surface area contributed by atoms with Crippen LogP contribution in [0.5, 0.6) is 0 Å². The van der Waals surface area contributed by atoms with Gasteiger partial charge in [0.2, 0.25) is 0 Å². The van der Waals surface area contributed by atoms with Gasteiger partial charge in [-0.15, -0.1) is 0 Å². The summed E-state index contributed by atoms with van der Waals surface area (Å²) in [6, 6.07) is 32.0. The molecule has 206 valence electrons. The Bertz CT molecular complexity index is 1840. The SMILES string of the molecule is Cc1cc2c(c(C3=C(O)CC(C)(C)CC3=O)c(-c3ccccc3)n2Cc2ccccc2)c(=O)n1Cc1ccccc1. The van der Waals surface area contributed by atoms with Gasteiger partial charge in [0, 0.05) is 30.6 Å². The fourth-order valence-corrected chi connectivity index (χ4v) is 6.18. The lowest BCUT2D eigenvalue weighted by molar-refractivity contribution is -0.116. The molecule has 1 aliphatic rings. The molecule has 0 amide bonds. The van der Waals surface area contributed by atoms with Crippen molar-refractivity contribution < 1.29 is 9.90 Å². The fourth-order valence-electron chi connectivity index (χ4n) is 6.18. The Kier molecular flexibility index (Phi) is 6.74. The second-order valence-electron chi connectivity index (χ2n) is 11.8. The summed E-state index contributed by atoms with van der Waals surface area (Å²) in [5, 5.41) is 11.9. The molecule has 0 bridgehead atoms. The van der Waals surface area contributed by atoms with E-state index < -0.39 is 0 Å². The summed E-state index contributed by atoms with van der Waals surface area (Å²) in [6.07, 6.45) is 0.674. The minimum atomic E-state index is -0.357. The number of aromatic nitrogens is 2. The van der Waals surface area contributed by atoms with Gasteiger partial charge in [0.1, 0.15) is 5.76 Å². The van der Waals surface area contributed by atoms with Crippen LogP contribution in [0.3, 0.4) is 0 Å². The molecule has 0 unspecified atom stereocenters. The predicted octanol–water partition coefficient (Wildman–Crippen LogP) is 7.53. The molecule has 0 saturated heterocycles.